The van der Waals surface area contributed by atoms with Crippen LogP contribution in [0.3, 0.4) is 0 Å². The molecule has 1 fully saturated rings. The maximum atomic E-state index is 7.00. The molecule has 202 valence electrons. The standard InChI is InChI=1S/C38H35NOP/c1-6-17-29(18-7-1)36-37(30-19-8-2-9-20-30)40-38(39-36)34-27-16-28-35(34)41(31-21-10-3-11-22-31,32-23-12-4-13-24-32)33-25-14-5-15-26-33/h1-15,17-26,34-37H,16,27-28H2/q+1/t34?,35?,36-,37-/m0/s1. The molecule has 2 unspecified atom stereocenters. The first kappa shape index (κ1) is 25.9. The molecule has 0 radical (unpaired) electrons. The van der Waals surface area contributed by atoms with E-state index in [1.54, 1.807) is 0 Å². The van der Waals surface area contributed by atoms with Gasteiger partial charge in [-0.25, -0.2) is 4.99 Å². The lowest BCUT2D eigenvalue weighted by Gasteiger charge is -2.35. The van der Waals surface area contributed by atoms with E-state index in [9.17, 15) is 0 Å². The van der Waals surface area contributed by atoms with E-state index in [1.165, 1.54) is 33.5 Å². The largest absolute Gasteiger partial charge is 0.470 e. The molecule has 5 aromatic carbocycles. The number of rotatable bonds is 7. The topological polar surface area (TPSA) is 21.6 Å². The highest BCUT2D eigenvalue weighted by Gasteiger charge is 2.58. The summed E-state index contributed by atoms with van der Waals surface area (Å²) in [5.41, 5.74) is 2.80. The Morgan fingerprint density at radius 1 is 0.512 bits per heavy atom. The lowest BCUT2D eigenvalue weighted by molar-refractivity contribution is 0.185. The Hall–Kier alpha value is -4.00. The highest BCUT2D eigenvalue weighted by atomic mass is 31.2. The van der Waals surface area contributed by atoms with Crippen molar-refractivity contribution in [3.8, 4) is 0 Å². The minimum Gasteiger partial charge on any atom is -0.470 e. The van der Waals surface area contributed by atoms with Crippen LogP contribution in [0.4, 0.5) is 0 Å². The Morgan fingerprint density at radius 3 is 1.44 bits per heavy atom. The van der Waals surface area contributed by atoms with Crippen LogP contribution >= 0.6 is 7.26 Å². The molecule has 0 N–H and O–H groups in total. The molecule has 0 bridgehead atoms. The van der Waals surface area contributed by atoms with Crippen LogP contribution in [-0.4, -0.2) is 11.6 Å². The number of benzene rings is 5. The summed E-state index contributed by atoms with van der Waals surface area (Å²) in [5, 5.41) is 4.31. The average Bonchev–Trinajstić information content (AvgIpc) is 3.73. The van der Waals surface area contributed by atoms with E-state index in [0.29, 0.717) is 5.66 Å². The van der Waals surface area contributed by atoms with Crippen molar-refractivity contribution in [1.82, 2.24) is 0 Å². The van der Waals surface area contributed by atoms with Gasteiger partial charge in [0.2, 0.25) is 0 Å². The molecule has 1 aliphatic carbocycles. The minimum absolute atomic E-state index is 0.0484. The minimum atomic E-state index is -2.05. The zero-order chi connectivity index (χ0) is 27.5. The van der Waals surface area contributed by atoms with E-state index >= 15 is 0 Å². The molecule has 0 spiro atoms. The van der Waals surface area contributed by atoms with Gasteiger partial charge in [-0.3, -0.25) is 0 Å². The molecular formula is C38H35NOP+. The predicted molar refractivity (Wildman–Crippen MR) is 173 cm³/mol. The number of ether oxygens (including phenoxy) is 1. The maximum Gasteiger partial charge on any atom is 0.192 e. The van der Waals surface area contributed by atoms with Gasteiger partial charge < -0.3 is 4.74 Å². The summed E-state index contributed by atoms with van der Waals surface area (Å²) in [5.74, 6) is 1.20. The fourth-order valence-corrected chi connectivity index (χ4v) is 12.5. The van der Waals surface area contributed by atoms with Gasteiger partial charge in [0.1, 0.15) is 29.2 Å². The first-order valence-electron chi connectivity index (χ1n) is 14.8. The van der Waals surface area contributed by atoms with Gasteiger partial charge in [-0.1, -0.05) is 115 Å². The maximum absolute atomic E-state index is 7.00. The molecule has 1 saturated carbocycles. The van der Waals surface area contributed by atoms with Crippen molar-refractivity contribution in [2.45, 2.75) is 37.1 Å². The Bertz CT molecular complexity index is 1490. The molecule has 0 saturated heterocycles. The van der Waals surface area contributed by atoms with Gasteiger partial charge in [-0.2, -0.15) is 0 Å². The second-order valence-corrected chi connectivity index (χ2v) is 14.8. The zero-order valence-electron chi connectivity index (χ0n) is 23.2. The molecule has 41 heavy (non-hydrogen) atoms. The van der Waals surface area contributed by atoms with Gasteiger partial charge in [0.05, 0.1) is 11.6 Å². The van der Waals surface area contributed by atoms with E-state index in [2.05, 4.69) is 152 Å². The van der Waals surface area contributed by atoms with Crippen LogP contribution in [0.25, 0.3) is 0 Å². The molecule has 1 aliphatic heterocycles. The molecule has 7 rings (SSSR count). The number of aliphatic imine (C=N–C) groups is 1. The van der Waals surface area contributed by atoms with Crippen LogP contribution < -0.4 is 15.9 Å². The molecule has 0 aromatic heterocycles. The van der Waals surface area contributed by atoms with Crippen LogP contribution in [0.5, 0.6) is 0 Å². The summed E-state index contributed by atoms with van der Waals surface area (Å²) in [7, 11) is -2.05. The first-order chi connectivity index (χ1) is 20.4. The molecule has 5 aromatic rings. The second-order valence-electron chi connectivity index (χ2n) is 11.1. The van der Waals surface area contributed by atoms with E-state index in [1.807, 2.05) is 0 Å². The van der Waals surface area contributed by atoms with Gasteiger partial charge in [0.15, 0.2) is 12.0 Å². The highest BCUT2D eigenvalue weighted by molar-refractivity contribution is 7.96. The zero-order valence-corrected chi connectivity index (χ0v) is 24.1. The van der Waals surface area contributed by atoms with Crippen molar-refractivity contribution in [2.24, 2.45) is 10.9 Å². The molecular weight excluding hydrogens is 517 g/mol. The van der Waals surface area contributed by atoms with Crippen LogP contribution in [0.15, 0.2) is 157 Å². The van der Waals surface area contributed by atoms with E-state index < -0.39 is 7.26 Å². The van der Waals surface area contributed by atoms with Gasteiger partial charge in [0, 0.05) is 0 Å². The SMILES string of the molecule is c1ccc([C@@H]2N=C(C3CCCC3[P+](c3ccccc3)(c3ccccc3)c3ccccc3)O[C@H]2c2ccccc2)cc1. The van der Waals surface area contributed by atoms with Gasteiger partial charge in [-0.05, 0) is 66.8 Å². The fraction of sp³-hybridized carbons (Fsp3) is 0.184. The molecule has 4 atom stereocenters. The van der Waals surface area contributed by atoms with Crippen LogP contribution in [0.1, 0.15) is 42.5 Å². The van der Waals surface area contributed by atoms with Crippen molar-refractivity contribution in [3.63, 3.8) is 0 Å². The Balaban J connectivity index is 1.39. The lowest BCUT2D eigenvalue weighted by Crippen LogP contribution is -2.42. The predicted octanol–water partition coefficient (Wildman–Crippen LogP) is 8.06. The summed E-state index contributed by atoms with van der Waals surface area (Å²) in [4.78, 5) is 5.46. The summed E-state index contributed by atoms with van der Waals surface area (Å²) >= 11 is 0. The van der Waals surface area contributed by atoms with Crippen molar-refractivity contribution >= 4 is 29.1 Å². The quantitative estimate of drug-likeness (QED) is 0.187. The van der Waals surface area contributed by atoms with Gasteiger partial charge >= 0.3 is 0 Å². The summed E-state index contributed by atoms with van der Waals surface area (Å²) < 4.78 is 7.00. The van der Waals surface area contributed by atoms with Crippen molar-refractivity contribution in [2.75, 3.05) is 0 Å². The number of hydrogen-bond donors (Lipinski definition) is 0. The third-order valence-electron chi connectivity index (χ3n) is 8.85. The molecule has 2 aliphatic rings. The molecule has 2 nitrogen and oxygen atoms in total. The Morgan fingerprint density at radius 2 is 0.951 bits per heavy atom. The third-order valence-corrected chi connectivity index (χ3v) is 13.8. The van der Waals surface area contributed by atoms with Gasteiger partial charge in [-0.15, -0.1) is 0 Å². The normalized spacial score (nSPS) is 22.2. The first-order valence-corrected chi connectivity index (χ1v) is 16.6. The van der Waals surface area contributed by atoms with Gasteiger partial charge in [0.25, 0.3) is 0 Å². The molecule has 3 heteroatoms. The highest BCUT2D eigenvalue weighted by Crippen LogP contribution is 2.66. The smallest absolute Gasteiger partial charge is 0.192 e. The summed E-state index contributed by atoms with van der Waals surface area (Å²) in [6, 6.07) is 55.1. The molecule has 0 amide bonds. The second kappa shape index (κ2) is 11.5. The molecule has 1 heterocycles. The van der Waals surface area contributed by atoms with Crippen molar-refractivity contribution in [1.29, 1.82) is 0 Å². The number of hydrogen-bond acceptors (Lipinski definition) is 2. The lowest BCUT2D eigenvalue weighted by atomic mass is 9.97. The Labute approximate surface area is 244 Å². The van der Waals surface area contributed by atoms with E-state index in [-0.39, 0.29) is 18.1 Å². The van der Waals surface area contributed by atoms with Crippen molar-refractivity contribution in [3.05, 3.63) is 163 Å². The number of nitrogens with zero attached hydrogens (tertiary/aromatic N) is 1. The van der Waals surface area contributed by atoms with Crippen LogP contribution in [0, 0.1) is 5.92 Å². The van der Waals surface area contributed by atoms with E-state index in [0.717, 1.165) is 18.7 Å². The fourth-order valence-electron chi connectivity index (χ4n) is 7.11. The summed E-state index contributed by atoms with van der Waals surface area (Å²) in [6.45, 7) is 0. The average molecular weight is 553 g/mol. The third kappa shape index (κ3) is 4.71. The van der Waals surface area contributed by atoms with Crippen LogP contribution in [0.2, 0.25) is 0 Å². The van der Waals surface area contributed by atoms with E-state index in [4.69, 9.17) is 9.73 Å². The summed E-state index contributed by atoms with van der Waals surface area (Å²) in [6.07, 6.45) is 3.32. The Kier molecular flexibility index (Phi) is 7.26. The monoisotopic (exact) mass is 552 g/mol. The van der Waals surface area contributed by atoms with Crippen LogP contribution in [-0.2, 0) is 4.74 Å². The van der Waals surface area contributed by atoms with Crippen molar-refractivity contribution < 1.29 is 4.74 Å².